The number of fused-ring (bicyclic) bond motifs is 1. The lowest BCUT2D eigenvalue weighted by Gasteiger charge is -2.37. The zero-order chi connectivity index (χ0) is 53.8. The topological polar surface area (TPSA) is 231 Å². The molecule has 0 aliphatic carbocycles. The van der Waals surface area contributed by atoms with Crippen LogP contribution in [0.3, 0.4) is 0 Å². The smallest absolute Gasteiger partial charge is 0.308 e. The minimum absolute atomic E-state index is 0.116. The maximum absolute atomic E-state index is 13.6. The summed E-state index contributed by atoms with van der Waals surface area (Å²) >= 11 is 0. The molecule has 1 aliphatic rings. The predicted molar refractivity (Wildman–Crippen MR) is 290 cm³/mol. The number of aliphatic imine (C=N–C) groups is 1. The zero-order valence-corrected chi connectivity index (χ0v) is 46.3. The second-order valence-electron chi connectivity index (χ2n) is 18.7. The number of anilines is 1. The standard InChI is InChI=1S/C54H88N6O14S/c1-6-8-9-11-48-38-47-15-14-46(40-50(47)59-52(48)55)45-12-10-13-49(39-45)75(62,63)60-42-44(43-60)41-58-53(56-7-2)57-17-19-65-21-23-67-25-27-69-29-31-71-33-35-73-37-36-72-34-32-70-30-28-68-26-24-66-22-20-64-18-16-51(61)74-54(3,4)5/h10,12-15,38-40,44H,6-9,11,16-37,41-43H2,1-5H3,(H2,55,59)(H2,56,57,58). The van der Waals surface area contributed by atoms with E-state index < -0.39 is 15.6 Å². The Labute approximate surface area is 446 Å². The largest absolute Gasteiger partial charge is 0.460 e. The molecule has 424 valence electrons. The molecule has 21 heteroatoms. The number of hydrogen-bond donors (Lipinski definition) is 3. The molecule has 2 aromatic carbocycles. The first kappa shape index (κ1) is 63.4. The summed E-state index contributed by atoms with van der Waals surface area (Å²) in [6, 6.07) is 15.2. The van der Waals surface area contributed by atoms with E-state index in [0.717, 1.165) is 53.3 Å². The van der Waals surface area contributed by atoms with Crippen LogP contribution in [0.4, 0.5) is 5.82 Å². The van der Waals surface area contributed by atoms with Crippen molar-refractivity contribution in [2.75, 3.05) is 171 Å². The molecule has 3 aromatic rings. The lowest BCUT2D eigenvalue weighted by Crippen LogP contribution is -2.51. The van der Waals surface area contributed by atoms with Crippen LogP contribution in [0.15, 0.2) is 58.4 Å². The SMILES string of the molecule is CCCCCc1cc2ccc(-c3cccc(S(=O)(=O)N4CC(CN=C(NCC)NCCOCCOCCOCCOCCOCCOCCOCCOCCOCCOCCC(=O)OC(C)(C)C)C4)c3)cc2nc1N. The third-order valence-corrected chi connectivity index (χ3v) is 13.1. The van der Waals surface area contributed by atoms with E-state index in [2.05, 4.69) is 28.6 Å². The third kappa shape index (κ3) is 27.2. The Morgan fingerprint density at radius 2 is 1.17 bits per heavy atom. The summed E-state index contributed by atoms with van der Waals surface area (Å²) in [5, 5.41) is 7.55. The number of sulfonamides is 1. The number of esters is 1. The van der Waals surface area contributed by atoms with Gasteiger partial charge in [-0.1, -0.05) is 44.0 Å². The van der Waals surface area contributed by atoms with Gasteiger partial charge in [0, 0.05) is 44.0 Å². The van der Waals surface area contributed by atoms with Crippen LogP contribution >= 0.6 is 0 Å². The number of rotatable bonds is 43. The number of aryl methyl sites for hydroxylation is 1. The summed E-state index contributed by atoms with van der Waals surface area (Å²) in [7, 11) is -3.67. The highest BCUT2D eigenvalue weighted by Gasteiger charge is 2.36. The van der Waals surface area contributed by atoms with E-state index in [4.69, 9.17) is 62.8 Å². The Hall–Kier alpha value is -4.10. The van der Waals surface area contributed by atoms with Gasteiger partial charge in [-0.2, -0.15) is 4.31 Å². The molecule has 0 unspecified atom stereocenters. The molecule has 4 rings (SSSR count). The Bertz CT molecular complexity index is 2160. The molecule has 1 aliphatic heterocycles. The molecule has 0 spiro atoms. The number of nitrogen functional groups attached to an aromatic ring is 1. The van der Waals surface area contributed by atoms with Crippen molar-refractivity contribution in [1.29, 1.82) is 0 Å². The normalized spacial score (nSPS) is 13.6. The molecule has 1 saturated heterocycles. The van der Waals surface area contributed by atoms with E-state index in [0.29, 0.717) is 177 Å². The van der Waals surface area contributed by atoms with Crippen molar-refractivity contribution in [3.8, 4) is 11.1 Å². The van der Waals surface area contributed by atoms with Crippen LogP contribution in [0.5, 0.6) is 0 Å². The summed E-state index contributed by atoms with van der Waals surface area (Å²) in [6.45, 7) is 21.3. The summed E-state index contributed by atoms with van der Waals surface area (Å²) in [4.78, 5) is 21.3. The maximum atomic E-state index is 13.6. The first-order valence-electron chi connectivity index (χ1n) is 26.7. The van der Waals surface area contributed by atoms with Gasteiger partial charge in [0.25, 0.3) is 0 Å². The molecule has 4 N–H and O–H groups in total. The van der Waals surface area contributed by atoms with Gasteiger partial charge in [-0.15, -0.1) is 0 Å². The summed E-state index contributed by atoms with van der Waals surface area (Å²) in [5.74, 6) is 1.06. The number of ether oxygens (including phenoxy) is 11. The van der Waals surface area contributed by atoms with E-state index in [1.165, 1.54) is 4.31 Å². The average molecular weight is 1080 g/mol. The van der Waals surface area contributed by atoms with Crippen molar-refractivity contribution in [1.82, 2.24) is 19.9 Å². The van der Waals surface area contributed by atoms with Gasteiger partial charge < -0.3 is 68.5 Å². The van der Waals surface area contributed by atoms with Crippen LogP contribution < -0.4 is 16.4 Å². The summed E-state index contributed by atoms with van der Waals surface area (Å²) in [5.41, 5.74) is 9.39. The number of carbonyl (C=O) groups is 1. The monoisotopic (exact) mass is 1080 g/mol. The number of nitrogens with two attached hydrogens (primary N) is 1. The summed E-state index contributed by atoms with van der Waals surface area (Å²) in [6.07, 6.45) is 4.52. The quantitative estimate of drug-likeness (QED) is 0.0283. The van der Waals surface area contributed by atoms with Gasteiger partial charge in [0.1, 0.15) is 11.4 Å². The lowest BCUT2D eigenvalue weighted by molar-refractivity contribution is -0.156. The van der Waals surface area contributed by atoms with Gasteiger partial charge in [0.15, 0.2) is 5.96 Å². The number of unbranched alkanes of at least 4 members (excludes halogenated alkanes) is 2. The minimum Gasteiger partial charge on any atom is -0.460 e. The maximum Gasteiger partial charge on any atom is 0.308 e. The number of carbonyl (C=O) groups excluding carboxylic acids is 1. The molecule has 2 heterocycles. The predicted octanol–water partition coefficient (Wildman–Crippen LogP) is 5.29. The van der Waals surface area contributed by atoms with Gasteiger partial charge in [0.2, 0.25) is 10.0 Å². The third-order valence-electron chi connectivity index (χ3n) is 11.3. The van der Waals surface area contributed by atoms with Crippen LogP contribution in [0.25, 0.3) is 22.0 Å². The minimum atomic E-state index is -3.67. The van der Waals surface area contributed by atoms with Crippen LogP contribution in [0.2, 0.25) is 0 Å². The number of nitrogens with one attached hydrogen (secondary N) is 2. The molecule has 0 saturated carbocycles. The van der Waals surface area contributed by atoms with Gasteiger partial charge in [0.05, 0.1) is 149 Å². The Morgan fingerprint density at radius 1 is 0.667 bits per heavy atom. The van der Waals surface area contributed by atoms with Crippen molar-refractivity contribution < 1.29 is 65.3 Å². The molecule has 75 heavy (non-hydrogen) atoms. The average Bonchev–Trinajstić information content (AvgIpc) is 3.36. The highest BCUT2D eigenvalue weighted by atomic mass is 32.2. The molecule has 0 amide bonds. The van der Waals surface area contributed by atoms with Crippen molar-refractivity contribution in [2.24, 2.45) is 10.9 Å². The molecule has 1 aromatic heterocycles. The van der Waals surface area contributed by atoms with Crippen LogP contribution in [-0.4, -0.2) is 200 Å². The van der Waals surface area contributed by atoms with E-state index in [1.54, 1.807) is 18.2 Å². The van der Waals surface area contributed by atoms with E-state index in [1.807, 2.05) is 52.0 Å². The fraction of sp³-hybridized carbons (Fsp3) is 0.685. The van der Waals surface area contributed by atoms with Crippen molar-refractivity contribution in [2.45, 2.75) is 77.2 Å². The molecule has 0 radical (unpaired) electrons. The first-order valence-corrected chi connectivity index (χ1v) is 28.1. The number of benzene rings is 2. The molecular weight excluding hydrogens is 989 g/mol. The highest BCUT2D eigenvalue weighted by Crippen LogP contribution is 2.31. The first-order chi connectivity index (χ1) is 36.4. The van der Waals surface area contributed by atoms with Crippen LogP contribution in [-0.2, 0) is 73.3 Å². The highest BCUT2D eigenvalue weighted by molar-refractivity contribution is 7.89. The zero-order valence-electron chi connectivity index (χ0n) is 45.5. The van der Waals surface area contributed by atoms with E-state index in [-0.39, 0.29) is 23.2 Å². The van der Waals surface area contributed by atoms with Gasteiger partial charge in [-0.3, -0.25) is 9.79 Å². The summed E-state index contributed by atoms with van der Waals surface area (Å²) < 4.78 is 89.3. The number of guanidine groups is 1. The van der Waals surface area contributed by atoms with Crippen LogP contribution in [0, 0.1) is 5.92 Å². The molecular formula is C54H88N6O14S. The molecule has 0 bridgehead atoms. The molecule has 1 fully saturated rings. The van der Waals surface area contributed by atoms with E-state index in [9.17, 15) is 13.2 Å². The number of pyridine rings is 1. The number of hydrogen-bond acceptors (Lipinski definition) is 17. The fourth-order valence-corrected chi connectivity index (χ4v) is 9.06. The van der Waals surface area contributed by atoms with Gasteiger partial charge >= 0.3 is 5.97 Å². The van der Waals surface area contributed by atoms with Crippen molar-refractivity contribution in [3.63, 3.8) is 0 Å². The Balaban J connectivity index is 0.899. The van der Waals surface area contributed by atoms with Crippen LogP contribution in [0.1, 0.15) is 65.9 Å². The number of aromatic nitrogens is 1. The van der Waals surface area contributed by atoms with Gasteiger partial charge in [-0.25, -0.2) is 13.4 Å². The van der Waals surface area contributed by atoms with Gasteiger partial charge in [-0.05, 0) is 81.5 Å². The second-order valence-corrected chi connectivity index (χ2v) is 20.7. The molecule has 20 nitrogen and oxygen atoms in total. The lowest BCUT2D eigenvalue weighted by atomic mass is 10.0. The fourth-order valence-electron chi connectivity index (χ4n) is 7.42. The Morgan fingerprint density at radius 3 is 1.68 bits per heavy atom. The van der Waals surface area contributed by atoms with Crippen molar-refractivity contribution >= 4 is 38.7 Å². The number of nitrogens with zero attached hydrogens (tertiary/aromatic N) is 3. The van der Waals surface area contributed by atoms with Crippen molar-refractivity contribution in [3.05, 3.63) is 54.1 Å². The molecule has 0 atom stereocenters. The van der Waals surface area contributed by atoms with E-state index >= 15 is 0 Å². The Kier molecular flexibility index (Phi) is 31.8. The second kappa shape index (κ2) is 37.6.